The molecule has 0 fully saturated rings. The molecule has 0 aliphatic rings. The molecule has 0 radical (unpaired) electrons. The zero-order chi connectivity index (χ0) is 16.1. The summed E-state index contributed by atoms with van der Waals surface area (Å²) in [7, 11) is 1.82. The Kier molecular flexibility index (Phi) is 4.74. The summed E-state index contributed by atoms with van der Waals surface area (Å²) >= 11 is 0. The number of amides is 1. The smallest absolute Gasteiger partial charge is 0.271 e. The molecule has 0 atom stereocenters. The topological polar surface area (TPSA) is 70.2 Å². The van der Waals surface area contributed by atoms with Gasteiger partial charge >= 0.3 is 0 Å². The molecular weight excluding hydrogens is 276 g/mol. The summed E-state index contributed by atoms with van der Waals surface area (Å²) in [5.74, 6) is -0.256. The lowest BCUT2D eigenvalue weighted by molar-refractivity contribution is 0.0955. The number of aromatic nitrogens is 1. The molecule has 1 aromatic carbocycles. The predicted molar refractivity (Wildman–Crippen MR) is 85.7 cm³/mol. The van der Waals surface area contributed by atoms with E-state index < -0.39 is 0 Å². The summed E-state index contributed by atoms with van der Waals surface area (Å²) in [6, 6.07) is 11.3. The molecule has 1 heterocycles. The van der Waals surface area contributed by atoms with Gasteiger partial charge in [-0.1, -0.05) is 19.1 Å². The first kappa shape index (κ1) is 15.5. The third kappa shape index (κ3) is 3.23. The van der Waals surface area contributed by atoms with Crippen LogP contribution in [-0.4, -0.2) is 16.7 Å². The summed E-state index contributed by atoms with van der Waals surface area (Å²) in [6.45, 7) is 3.96. The minimum atomic E-state index is -0.256. The molecule has 0 unspecified atom stereocenters. The van der Waals surface area contributed by atoms with Crippen LogP contribution in [-0.2, 0) is 13.5 Å². The molecule has 0 saturated carbocycles. The van der Waals surface area contributed by atoms with Gasteiger partial charge in [-0.05, 0) is 37.1 Å². The van der Waals surface area contributed by atoms with Gasteiger partial charge in [-0.2, -0.15) is 10.4 Å². The average molecular weight is 294 g/mol. The first-order valence-corrected chi connectivity index (χ1v) is 7.05. The molecule has 1 amide bonds. The SMILES string of the molecule is CCc1ccc(C(=O)N/N=C\c2cc(C#N)n(C)c2C)cc1. The Hall–Kier alpha value is -2.87. The maximum atomic E-state index is 12.0. The number of hydrogen-bond donors (Lipinski definition) is 1. The van der Waals surface area contributed by atoms with Gasteiger partial charge in [0.15, 0.2) is 0 Å². The number of carbonyl (C=O) groups excluding carboxylic acids is 1. The van der Waals surface area contributed by atoms with Crippen molar-refractivity contribution < 1.29 is 4.79 Å². The van der Waals surface area contributed by atoms with Crippen molar-refractivity contribution in [2.75, 3.05) is 0 Å². The molecule has 5 nitrogen and oxygen atoms in total. The Morgan fingerprint density at radius 3 is 2.64 bits per heavy atom. The molecule has 0 aliphatic heterocycles. The Morgan fingerprint density at radius 2 is 2.09 bits per heavy atom. The first-order chi connectivity index (χ1) is 10.6. The van der Waals surface area contributed by atoms with Crippen molar-refractivity contribution >= 4 is 12.1 Å². The predicted octanol–water partition coefficient (Wildman–Crippen LogP) is 2.53. The maximum Gasteiger partial charge on any atom is 0.271 e. The van der Waals surface area contributed by atoms with Crippen molar-refractivity contribution in [3.05, 3.63) is 58.4 Å². The molecule has 2 rings (SSSR count). The van der Waals surface area contributed by atoms with E-state index in [4.69, 9.17) is 5.26 Å². The van der Waals surface area contributed by atoms with Gasteiger partial charge < -0.3 is 4.57 Å². The van der Waals surface area contributed by atoms with Crippen molar-refractivity contribution in [2.45, 2.75) is 20.3 Å². The molecule has 0 bridgehead atoms. The van der Waals surface area contributed by atoms with Crippen LogP contribution in [0.15, 0.2) is 35.4 Å². The summed E-state index contributed by atoms with van der Waals surface area (Å²) in [5, 5.41) is 12.9. The Bertz CT molecular complexity index is 748. The van der Waals surface area contributed by atoms with Gasteiger partial charge in [0.25, 0.3) is 5.91 Å². The van der Waals surface area contributed by atoms with E-state index in [-0.39, 0.29) is 5.91 Å². The standard InChI is InChI=1S/C17H18N4O/c1-4-13-5-7-14(8-6-13)17(22)20-19-11-15-9-16(10-18)21(3)12(15)2/h5-9,11H,4H2,1-3H3,(H,20,22)/b19-11-. The number of carbonyl (C=O) groups is 1. The number of hydrazone groups is 1. The van der Waals surface area contributed by atoms with Gasteiger partial charge in [-0.3, -0.25) is 4.79 Å². The lowest BCUT2D eigenvalue weighted by Crippen LogP contribution is -2.17. The molecule has 112 valence electrons. The van der Waals surface area contributed by atoms with Crippen molar-refractivity contribution in [1.82, 2.24) is 9.99 Å². The van der Waals surface area contributed by atoms with Crippen LogP contribution in [0.25, 0.3) is 0 Å². The number of nitrogens with one attached hydrogen (secondary N) is 1. The number of hydrogen-bond acceptors (Lipinski definition) is 3. The minimum Gasteiger partial charge on any atom is -0.339 e. The molecule has 22 heavy (non-hydrogen) atoms. The van der Waals surface area contributed by atoms with E-state index >= 15 is 0 Å². The van der Waals surface area contributed by atoms with E-state index in [2.05, 4.69) is 23.5 Å². The zero-order valence-electron chi connectivity index (χ0n) is 12.9. The highest BCUT2D eigenvalue weighted by Gasteiger charge is 2.07. The third-order valence-corrected chi connectivity index (χ3v) is 3.68. The molecule has 1 aromatic heterocycles. The highest BCUT2D eigenvalue weighted by atomic mass is 16.2. The van der Waals surface area contributed by atoms with Gasteiger partial charge in [0.1, 0.15) is 11.8 Å². The second-order valence-electron chi connectivity index (χ2n) is 4.99. The van der Waals surface area contributed by atoms with Crippen LogP contribution in [0.2, 0.25) is 0 Å². The minimum absolute atomic E-state index is 0.256. The van der Waals surface area contributed by atoms with Crippen molar-refractivity contribution in [2.24, 2.45) is 12.1 Å². The van der Waals surface area contributed by atoms with Crippen LogP contribution >= 0.6 is 0 Å². The van der Waals surface area contributed by atoms with E-state index in [0.717, 1.165) is 17.7 Å². The van der Waals surface area contributed by atoms with Crippen LogP contribution in [0.4, 0.5) is 0 Å². The molecule has 2 aromatic rings. The van der Waals surface area contributed by atoms with Gasteiger partial charge in [0, 0.05) is 23.9 Å². The second-order valence-corrected chi connectivity index (χ2v) is 4.99. The number of nitrogens with zero attached hydrogens (tertiary/aromatic N) is 3. The number of aryl methyl sites for hydroxylation is 1. The lowest BCUT2D eigenvalue weighted by atomic mass is 10.1. The van der Waals surface area contributed by atoms with E-state index in [9.17, 15) is 4.79 Å². The van der Waals surface area contributed by atoms with Gasteiger partial charge in [0.2, 0.25) is 0 Å². The Morgan fingerprint density at radius 1 is 1.41 bits per heavy atom. The van der Waals surface area contributed by atoms with Crippen molar-refractivity contribution in [3.8, 4) is 6.07 Å². The molecule has 1 N–H and O–H groups in total. The number of rotatable bonds is 4. The zero-order valence-corrected chi connectivity index (χ0v) is 12.9. The Labute approximate surface area is 129 Å². The van der Waals surface area contributed by atoms with Crippen LogP contribution in [0, 0.1) is 18.3 Å². The highest BCUT2D eigenvalue weighted by molar-refractivity contribution is 5.95. The summed E-state index contributed by atoms with van der Waals surface area (Å²) in [5.41, 5.74) is 6.53. The van der Waals surface area contributed by atoms with E-state index in [1.807, 2.05) is 26.1 Å². The Balaban J connectivity index is 2.05. The van der Waals surface area contributed by atoms with Crippen LogP contribution in [0.5, 0.6) is 0 Å². The molecular formula is C17H18N4O. The summed E-state index contributed by atoms with van der Waals surface area (Å²) < 4.78 is 1.78. The van der Waals surface area contributed by atoms with E-state index in [1.54, 1.807) is 29.0 Å². The van der Waals surface area contributed by atoms with Gasteiger partial charge in [-0.15, -0.1) is 0 Å². The lowest BCUT2D eigenvalue weighted by Gasteiger charge is -2.01. The number of benzene rings is 1. The van der Waals surface area contributed by atoms with Gasteiger partial charge in [-0.25, -0.2) is 5.43 Å². The molecule has 5 heteroatoms. The van der Waals surface area contributed by atoms with Crippen LogP contribution in [0.1, 0.15) is 39.8 Å². The third-order valence-electron chi connectivity index (χ3n) is 3.68. The fourth-order valence-electron chi connectivity index (χ4n) is 2.08. The summed E-state index contributed by atoms with van der Waals surface area (Å²) in [4.78, 5) is 12.0. The maximum absolute atomic E-state index is 12.0. The van der Waals surface area contributed by atoms with E-state index in [0.29, 0.717) is 11.3 Å². The fourth-order valence-corrected chi connectivity index (χ4v) is 2.08. The average Bonchev–Trinajstić information content (AvgIpc) is 2.82. The normalized spacial score (nSPS) is 10.6. The molecule has 0 spiro atoms. The molecule has 0 aliphatic carbocycles. The van der Waals surface area contributed by atoms with Crippen molar-refractivity contribution in [3.63, 3.8) is 0 Å². The quantitative estimate of drug-likeness (QED) is 0.695. The summed E-state index contributed by atoms with van der Waals surface area (Å²) in [6.07, 6.45) is 2.49. The highest BCUT2D eigenvalue weighted by Crippen LogP contribution is 2.11. The van der Waals surface area contributed by atoms with Gasteiger partial charge in [0.05, 0.1) is 6.21 Å². The van der Waals surface area contributed by atoms with Crippen LogP contribution in [0.3, 0.4) is 0 Å². The fraction of sp³-hybridized carbons (Fsp3) is 0.235. The monoisotopic (exact) mass is 294 g/mol. The van der Waals surface area contributed by atoms with Crippen LogP contribution < -0.4 is 5.43 Å². The van der Waals surface area contributed by atoms with Crippen molar-refractivity contribution in [1.29, 1.82) is 5.26 Å². The first-order valence-electron chi connectivity index (χ1n) is 7.05. The largest absolute Gasteiger partial charge is 0.339 e. The van der Waals surface area contributed by atoms with E-state index in [1.165, 1.54) is 5.56 Å². The number of nitriles is 1. The molecule has 0 saturated heterocycles. The second kappa shape index (κ2) is 6.72.